The Labute approximate surface area is 242 Å². The molecule has 5 atom stereocenters. The Kier molecular flexibility index (Phi) is 7.60. The van der Waals surface area contributed by atoms with Gasteiger partial charge in [0.1, 0.15) is 23.4 Å². The maximum atomic E-state index is 13.8. The monoisotopic (exact) mass is 578 g/mol. The molecule has 0 radical (unpaired) electrons. The number of carboxylic acid groups (broad SMARTS) is 1. The number of likely N-dealkylation sites (tertiary alicyclic amines) is 1. The number of para-hydroxylation sites is 2. The third kappa shape index (κ3) is 5.43. The van der Waals surface area contributed by atoms with Crippen LogP contribution in [-0.2, 0) is 14.4 Å². The van der Waals surface area contributed by atoms with Gasteiger partial charge in [-0.1, -0.05) is 45.0 Å². The zero-order chi connectivity index (χ0) is 29.5. The predicted octanol–water partition coefficient (Wildman–Crippen LogP) is 3.51. The molecule has 0 unspecified atom stereocenters. The van der Waals surface area contributed by atoms with Gasteiger partial charge in [-0.3, -0.25) is 9.59 Å². The van der Waals surface area contributed by atoms with Gasteiger partial charge < -0.3 is 25.2 Å². The molecule has 2 aliphatic rings. The minimum Gasteiger partial charge on any atom is -0.479 e. The number of nitrogens with one attached hydrogen (secondary N) is 1. The van der Waals surface area contributed by atoms with Crippen LogP contribution < -0.4 is 10.1 Å². The number of carbonyl (C=O) groups is 3. The van der Waals surface area contributed by atoms with Crippen molar-refractivity contribution in [3.63, 3.8) is 0 Å². The van der Waals surface area contributed by atoms with Crippen molar-refractivity contribution in [2.45, 2.75) is 51.3 Å². The minimum absolute atomic E-state index is 0.0623. The fraction of sp³-hybridized carbons (Fsp3) is 0.433. The number of carboxylic acids is 1. The molecule has 216 valence electrons. The van der Waals surface area contributed by atoms with Crippen LogP contribution in [0.2, 0.25) is 0 Å². The van der Waals surface area contributed by atoms with Crippen LogP contribution in [0, 0.1) is 17.3 Å². The first kappa shape index (κ1) is 28.7. The summed E-state index contributed by atoms with van der Waals surface area (Å²) in [7, 11) is 0. The molecule has 2 amide bonds. The topological polar surface area (TPSA) is 142 Å². The van der Waals surface area contributed by atoms with Crippen LogP contribution in [0.1, 0.15) is 33.6 Å². The predicted molar refractivity (Wildman–Crippen MR) is 154 cm³/mol. The van der Waals surface area contributed by atoms with E-state index in [1.54, 1.807) is 0 Å². The summed E-state index contributed by atoms with van der Waals surface area (Å²) in [6.07, 6.45) is 1.24. The molecular formula is C30H34N4O6S. The van der Waals surface area contributed by atoms with Gasteiger partial charge in [0, 0.05) is 12.3 Å². The maximum absolute atomic E-state index is 13.8. The number of thiophene rings is 1. The summed E-state index contributed by atoms with van der Waals surface area (Å²) in [5, 5.41) is 24.6. The van der Waals surface area contributed by atoms with Crippen molar-refractivity contribution >= 4 is 40.2 Å². The lowest BCUT2D eigenvalue weighted by Crippen LogP contribution is -2.54. The van der Waals surface area contributed by atoms with Crippen molar-refractivity contribution < 1.29 is 29.3 Å². The third-order valence-corrected chi connectivity index (χ3v) is 8.85. The number of aliphatic hydroxyl groups is 1. The van der Waals surface area contributed by atoms with Crippen molar-refractivity contribution in [3.8, 4) is 16.5 Å². The van der Waals surface area contributed by atoms with Crippen LogP contribution in [0.3, 0.4) is 0 Å². The Morgan fingerprint density at radius 3 is 2.49 bits per heavy atom. The van der Waals surface area contributed by atoms with E-state index in [-0.39, 0.29) is 25.3 Å². The summed E-state index contributed by atoms with van der Waals surface area (Å²) in [5.74, 6) is -3.00. The fourth-order valence-corrected chi connectivity index (χ4v) is 6.12. The number of nitrogens with zero attached hydrogens (tertiary/aromatic N) is 3. The van der Waals surface area contributed by atoms with E-state index < -0.39 is 59.3 Å². The minimum atomic E-state index is -1.44. The van der Waals surface area contributed by atoms with E-state index in [9.17, 15) is 24.6 Å². The lowest BCUT2D eigenvalue weighted by Gasteiger charge is -2.34. The van der Waals surface area contributed by atoms with E-state index in [0.29, 0.717) is 16.7 Å². The van der Waals surface area contributed by atoms with Crippen molar-refractivity contribution in [2.24, 2.45) is 17.3 Å². The van der Waals surface area contributed by atoms with Gasteiger partial charge in [-0.25, -0.2) is 14.8 Å². The number of aliphatic carboxylic acids is 1. The molecule has 1 saturated carbocycles. The molecular weight excluding hydrogens is 544 g/mol. The van der Waals surface area contributed by atoms with E-state index in [2.05, 4.69) is 11.9 Å². The molecule has 3 N–H and O–H groups in total. The van der Waals surface area contributed by atoms with Gasteiger partial charge >= 0.3 is 5.97 Å². The van der Waals surface area contributed by atoms with E-state index in [1.165, 1.54) is 22.3 Å². The second kappa shape index (κ2) is 10.9. The van der Waals surface area contributed by atoms with E-state index in [4.69, 9.17) is 14.7 Å². The van der Waals surface area contributed by atoms with Gasteiger partial charge in [0.25, 0.3) is 0 Å². The number of amides is 2. The number of ether oxygens (including phenoxy) is 1. The summed E-state index contributed by atoms with van der Waals surface area (Å²) in [6.45, 7) is 8.89. The normalized spacial score (nSPS) is 24.6. The van der Waals surface area contributed by atoms with E-state index in [1.807, 2.05) is 62.5 Å². The molecule has 2 aromatic heterocycles. The zero-order valence-corrected chi connectivity index (χ0v) is 24.1. The molecule has 0 bridgehead atoms. The highest BCUT2D eigenvalue weighted by Gasteiger charge is 2.61. The maximum Gasteiger partial charge on any atom is 0.330 e. The summed E-state index contributed by atoms with van der Waals surface area (Å²) in [6, 6.07) is 10.3. The highest BCUT2D eigenvalue weighted by molar-refractivity contribution is 7.13. The number of aliphatic hydroxyl groups excluding tert-OH is 1. The molecule has 1 saturated heterocycles. The Morgan fingerprint density at radius 1 is 1.22 bits per heavy atom. The average molecular weight is 579 g/mol. The van der Waals surface area contributed by atoms with E-state index >= 15 is 0 Å². The number of hydrogen-bond acceptors (Lipinski definition) is 8. The summed E-state index contributed by atoms with van der Waals surface area (Å²) in [5.41, 5.74) is -0.106. The van der Waals surface area contributed by atoms with Crippen LogP contribution in [0.15, 0.2) is 54.4 Å². The molecule has 2 fully saturated rings. The summed E-state index contributed by atoms with van der Waals surface area (Å²) >= 11 is 1.49. The number of fused-ring (bicyclic) bond motifs is 1. The van der Waals surface area contributed by atoms with Crippen LogP contribution in [0.25, 0.3) is 21.6 Å². The van der Waals surface area contributed by atoms with Gasteiger partial charge in [0.2, 0.25) is 17.7 Å². The number of rotatable bonds is 9. The van der Waals surface area contributed by atoms with Crippen molar-refractivity contribution in [2.75, 3.05) is 13.2 Å². The molecule has 3 aromatic rings. The third-order valence-electron chi connectivity index (χ3n) is 7.97. The highest BCUT2D eigenvalue weighted by atomic mass is 32.1. The van der Waals surface area contributed by atoms with Gasteiger partial charge in [-0.05, 0) is 35.4 Å². The van der Waals surface area contributed by atoms with Crippen molar-refractivity contribution in [1.82, 2.24) is 20.2 Å². The lowest BCUT2D eigenvalue weighted by molar-refractivity contribution is -0.148. The fourth-order valence-electron chi connectivity index (χ4n) is 5.41. The molecule has 1 aliphatic carbocycles. The van der Waals surface area contributed by atoms with Crippen molar-refractivity contribution in [1.29, 1.82) is 0 Å². The van der Waals surface area contributed by atoms with Crippen LogP contribution in [0.4, 0.5) is 0 Å². The van der Waals surface area contributed by atoms with Crippen LogP contribution >= 0.6 is 11.3 Å². The molecule has 0 spiro atoms. The molecule has 41 heavy (non-hydrogen) atoms. The first-order valence-corrected chi connectivity index (χ1v) is 14.4. The Bertz CT molecular complexity index is 1490. The first-order chi connectivity index (χ1) is 19.5. The molecule has 1 aliphatic heterocycles. The lowest BCUT2D eigenvalue weighted by atomic mass is 9.80. The quantitative estimate of drug-likeness (QED) is 0.328. The Hall–Kier alpha value is -3.83. The van der Waals surface area contributed by atoms with Gasteiger partial charge in [-0.15, -0.1) is 17.9 Å². The number of aromatic nitrogens is 2. The van der Waals surface area contributed by atoms with Gasteiger partial charge in [0.05, 0.1) is 35.0 Å². The summed E-state index contributed by atoms with van der Waals surface area (Å²) < 4.78 is 6.40. The Morgan fingerprint density at radius 2 is 1.93 bits per heavy atom. The highest BCUT2D eigenvalue weighted by Crippen LogP contribution is 2.45. The van der Waals surface area contributed by atoms with Gasteiger partial charge in [0.15, 0.2) is 0 Å². The van der Waals surface area contributed by atoms with Gasteiger partial charge in [-0.2, -0.15) is 0 Å². The standard InChI is InChI=1S/C30H34N4O6S/c1-5-17-14-30(17,28(38)39)33-25(36)22-13-18(15-34(22)27(37)19(16-35)29(2,3)4)40-26-24(23-11-8-12-41-23)31-20-9-6-7-10-21(20)32-26/h5-12,17-19,22,35H,1,13-16H2,2-4H3,(H,33,36)(H,38,39)/t17-,18-,19-,22+,30-/m1/s1. The second-order valence-electron chi connectivity index (χ2n) is 11.7. The Balaban J connectivity index is 1.47. The summed E-state index contributed by atoms with van der Waals surface area (Å²) in [4.78, 5) is 51.2. The van der Waals surface area contributed by atoms with Crippen LogP contribution in [0.5, 0.6) is 5.88 Å². The smallest absolute Gasteiger partial charge is 0.330 e. The molecule has 3 heterocycles. The molecule has 1 aromatic carbocycles. The second-order valence-corrected chi connectivity index (χ2v) is 12.7. The number of hydrogen-bond donors (Lipinski definition) is 3. The average Bonchev–Trinajstić information content (AvgIpc) is 3.24. The molecule has 5 rings (SSSR count). The van der Waals surface area contributed by atoms with E-state index in [0.717, 1.165) is 4.88 Å². The molecule has 11 heteroatoms. The largest absolute Gasteiger partial charge is 0.479 e. The molecule has 10 nitrogen and oxygen atoms in total. The SMILES string of the molecule is C=C[C@@H]1C[C@]1(NC(=O)[C@@H]1C[C@@H](Oc2nc3ccccc3nc2-c2cccs2)CN1C(=O)[C@@H](CO)C(C)(C)C)C(=O)O. The van der Waals surface area contributed by atoms with Crippen molar-refractivity contribution in [3.05, 3.63) is 54.4 Å². The zero-order valence-electron chi connectivity index (χ0n) is 23.2. The number of benzene rings is 1. The van der Waals surface area contributed by atoms with Crippen LogP contribution in [-0.4, -0.2) is 73.7 Å². The number of carbonyl (C=O) groups excluding carboxylic acids is 2. The first-order valence-electron chi connectivity index (χ1n) is 13.5.